The molecule has 1 atom stereocenters. The average molecular weight is 343 g/mol. The molecule has 0 radical (unpaired) electrons. The number of rotatable bonds is 5. The Hall–Kier alpha value is -1.30. The standard InChI is InChI=1S/C17H26N2O3.ClH/c1-12-7-14(8-13(2)17(12)21-4)10-19(3)16(20)9-15-11-22-6-5-18-15;/h7-8,15,18H,5-6,9-11H2,1-4H3;1H. The molecule has 1 aliphatic rings. The number of carbonyl (C=O) groups is 1. The highest BCUT2D eigenvalue weighted by Crippen LogP contribution is 2.24. The van der Waals surface area contributed by atoms with Crippen molar-refractivity contribution in [2.24, 2.45) is 0 Å². The molecule has 2 rings (SSSR count). The van der Waals surface area contributed by atoms with E-state index in [2.05, 4.69) is 17.4 Å². The van der Waals surface area contributed by atoms with Gasteiger partial charge in [-0.1, -0.05) is 12.1 Å². The van der Waals surface area contributed by atoms with Crippen molar-refractivity contribution in [3.63, 3.8) is 0 Å². The number of ether oxygens (including phenoxy) is 2. The lowest BCUT2D eigenvalue weighted by molar-refractivity contribution is -0.131. The number of methoxy groups -OCH3 is 1. The first-order chi connectivity index (χ1) is 10.5. The Balaban J connectivity index is 0.00000264. The number of hydrogen-bond acceptors (Lipinski definition) is 4. The zero-order valence-corrected chi connectivity index (χ0v) is 15.2. The summed E-state index contributed by atoms with van der Waals surface area (Å²) < 4.78 is 10.8. The summed E-state index contributed by atoms with van der Waals surface area (Å²) in [6, 6.07) is 4.29. The van der Waals surface area contributed by atoms with Crippen LogP contribution in [0.3, 0.4) is 0 Å². The van der Waals surface area contributed by atoms with Crippen molar-refractivity contribution in [2.75, 3.05) is 33.9 Å². The first-order valence-corrected chi connectivity index (χ1v) is 7.70. The van der Waals surface area contributed by atoms with Crippen LogP contribution in [0.4, 0.5) is 0 Å². The molecule has 5 nitrogen and oxygen atoms in total. The molecule has 1 amide bonds. The molecule has 1 aromatic rings. The predicted octanol–water partition coefficient (Wildman–Crippen LogP) is 2.07. The maximum Gasteiger partial charge on any atom is 0.224 e. The first kappa shape index (κ1) is 19.7. The van der Waals surface area contributed by atoms with E-state index in [0.717, 1.165) is 35.6 Å². The highest BCUT2D eigenvalue weighted by Gasteiger charge is 2.19. The Morgan fingerprint density at radius 2 is 2.04 bits per heavy atom. The second-order valence-electron chi connectivity index (χ2n) is 5.94. The van der Waals surface area contributed by atoms with Gasteiger partial charge in [-0.3, -0.25) is 4.79 Å². The minimum absolute atomic E-state index is 0. The molecule has 23 heavy (non-hydrogen) atoms. The highest BCUT2D eigenvalue weighted by atomic mass is 35.5. The van der Waals surface area contributed by atoms with Crippen molar-refractivity contribution in [3.8, 4) is 5.75 Å². The van der Waals surface area contributed by atoms with Crippen molar-refractivity contribution in [3.05, 3.63) is 28.8 Å². The lowest BCUT2D eigenvalue weighted by atomic mass is 10.0. The average Bonchev–Trinajstić information content (AvgIpc) is 2.48. The molecule has 1 aromatic carbocycles. The van der Waals surface area contributed by atoms with Gasteiger partial charge in [0.2, 0.25) is 5.91 Å². The summed E-state index contributed by atoms with van der Waals surface area (Å²) in [5.74, 6) is 1.05. The van der Waals surface area contributed by atoms with Gasteiger partial charge < -0.3 is 19.7 Å². The van der Waals surface area contributed by atoms with Gasteiger partial charge in [0.05, 0.1) is 20.3 Å². The van der Waals surface area contributed by atoms with E-state index >= 15 is 0 Å². The third-order valence-electron chi connectivity index (χ3n) is 3.99. The van der Waals surface area contributed by atoms with Crippen molar-refractivity contribution in [1.82, 2.24) is 10.2 Å². The lowest BCUT2D eigenvalue weighted by Gasteiger charge is -2.26. The fourth-order valence-corrected chi connectivity index (χ4v) is 2.93. The van der Waals surface area contributed by atoms with Crippen LogP contribution in [0.1, 0.15) is 23.1 Å². The normalized spacial score (nSPS) is 17.3. The number of halogens is 1. The Labute approximate surface area is 144 Å². The van der Waals surface area contributed by atoms with Crippen LogP contribution >= 0.6 is 12.4 Å². The fraction of sp³-hybridized carbons (Fsp3) is 0.588. The Bertz CT molecular complexity index is 508. The van der Waals surface area contributed by atoms with E-state index in [0.29, 0.717) is 19.6 Å². The van der Waals surface area contributed by atoms with Gasteiger partial charge in [0.15, 0.2) is 0 Å². The number of hydrogen-bond donors (Lipinski definition) is 1. The smallest absolute Gasteiger partial charge is 0.224 e. The minimum Gasteiger partial charge on any atom is -0.496 e. The number of nitrogens with zero attached hydrogens (tertiary/aromatic N) is 1. The topological polar surface area (TPSA) is 50.8 Å². The molecule has 6 heteroatoms. The molecular formula is C17H27ClN2O3. The summed E-state index contributed by atoms with van der Waals surface area (Å²) in [6.45, 7) is 6.82. The molecule has 0 aliphatic carbocycles. The van der Waals surface area contributed by atoms with Gasteiger partial charge >= 0.3 is 0 Å². The number of morpholine rings is 1. The SMILES string of the molecule is COc1c(C)cc(CN(C)C(=O)CC2COCCN2)cc1C.Cl. The second-order valence-corrected chi connectivity index (χ2v) is 5.94. The third-order valence-corrected chi connectivity index (χ3v) is 3.99. The van der Waals surface area contributed by atoms with Crippen molar-refractivity contribution < 1.29 is 14.3 Å². The third kappa shape index (κ3) is 5.37. The van der Waals surface area contributed by atoms with Crippen LogP contribution in [-0.2, 0) is 16.1 Å². The zero-order chi connectivity index (χ0) is 16.1. The van der Waals surface area contributed by atoms with Gasteiger partial charge in [-0.15, -0.1) is 12.4 Å². The summed E-state index contributed by atoms with van der Waals surface area (Å²) in [5, 5.41) is 3.31. The monoisotopic (exact) mass is 342 g/mol. The van der Waals surface area contributed by atoms with E-state index < -0.39 is 0 Å². The molecule has 1 aliphatic heterocycles. The number of carbonyl (C=O) groups excluding carboxylic acids is 1. The largest absolute Gasteiger partial charge is 0.496 e. The summed E-state index contributed by atoms with van der Waals surface area (Å²) in [7, 11) is 3.53. The van der Waals surface area contributed by atoms with Gasteiger partial charge in [-0.2, -0.15) is 0 Å². The number of nitrogens with one attached hydrogen (secondary N) is 1. The molecule has 0 aromatic heterocycles. The van der Waals surface area contributed by atoms with Crippen LogP contribution in [0.15, 0.2) is 12.1 Å². The van der Waals surface area contributed by atoms with E-state index in [1.807, 2.05) is 20.9 Å². The van der Waals surface area contributed by atoms with E-state index in [1.165, 1.54) is 0 Å². The minimum atomic E-state index is 0. The van der Waals surface area contributed by atoms with Gasteiger partial charge in [-0.05, 0) is 30.5 Å². The second kappa shape index (κ2) is 9.11. The quantitative estimate of drug-likeness (QED) is 0.890. The zero-order valence-electron chi connectivity index (χ0n) is 14.3. The van der Waals surface area contributed by atoms with Crippen LogP contribution in [0.2, 0.25) is 0 Å². The maximum absolute atomic E-state index is 12.3. The summed E-state index contributed by atoms with van der Waals surface area (Å²) in [6.07, 6.45) is 0.477. The molecule has 1 N–H and O–H groups in total. The summed E-state index contributed by atoms with van der Waals surface area (Å²) in [4.78, 5) is 14.1. The van der Waals surface area contributed by atoms with Crippen LogP contribution in [0.5, 0.6) is 5.75 Å². The van der Waals surface area contributed by atoms with Crippen LogP contribution in [0, 0.1) is 13.8 Å². The lowest BCUT2D eigenvalue weighted by Crippen LogP contribution is -2.44. The van der Waals surface area contributed by atoms with E-state index in [-0.39, 0.29) is 24.4 Å². The van der Waals surface area contributed by atoms with E-state index in [1.54, 1.807) is 12.0 Å². The van der Waals surface area contributed by atoms with Gasteiger partial charge in [0.1, 0.15) is 5.75 Å². The molecular weight excluding hydrogens is 316 g/mol. The molecule has 1 fully saturated rings. The van der Waals surface area contributed by atoms with Crippen molar-refractivity contribution >= 4 is 18.3 Å². The maximum atomic E-state index is 12.3. The highest BCUT2D eigenvalue weighted by molar-refractivity contribution is 5.85. The first-order valence-electron chi connectivity index (χ1n) is 7.70. The molecule has 1 unspecified atom stereocenters. The van der Waals surface area contributed by atoms with Crippen LogP contribution < -0.4 is 10.1 Å². The molecule has 0 spiro atoms. The molecule has 1 saturated heterocycles. The van der Waals surface area contributed by atoms with Crippen LogP contribution in [0.25, 0.3) is 0 Å². The van der Waals surface area contributed by atoms with E-state index in [4.69, 9.17) is 9.47 Å². The van der Waals surface area contributed by atoms with E-state index in [9.17, 15) is 4.79 Å². The van der Waals surface area contributed by atoms with Crippen LogP contribution in [-0.4, -0.2) is 50.8 Å². The summed E-state index contributed by atoms with van der Waals surface area (Å²) >= 11 is 0. The molecule has 0 saturated carbocycles. The Morgan fingerprint density at radius 1 is 1.39 bits per heavy atom. The number of amides is 1. The van der Waals surface area contributed by atoms with Gasteiger partial charge in [-0.25, -0.2) is 0 Å². The molecule has 1 heterocycles. The van der Waals surface area contributed by atoms with Crippen molar-refractivity contribution in [1.29, 1.82) is 0 Å². The van der Waals surface area contributed by atoms with Gasteiger partial charge in [0, 0.05) is 32.6 Å². The molecule has 0 bridgehead atoms. The summed E-state index contributed by atoms with van der Waals surface area (Å²) in [5.41, 5.74) is 3.32. The number of benzene rings is 1. The Kier molecular flexibility index (Phi) is 7.82. The number of aryl methyl sites for hydroxylation is 2. The fourth-order valence-electron chi connectivity index (χ4n) is 2.93. The predicted molar refractivity (Wildman–Crippen MR) is 93.4 cm³/mol. The van der Waals surface area contributed by atoms with Gasteiger partial charge in [0.25, 0.3) is 0 Å². The Morgan fingerprint density at radius 3 is 2.57 bits per heavy atom. The molecule has 130 valence electrons. The van der Waals surface area contributed by atoms with Crippen molar-refractivity contribution in [2.45, 2.75) is 32.9 Å².